The molecule has 1 fully saturated rings. The lowest BCUT2D eigenvalue weighted by Crippen LogP contribution is -2.31. The van der Waals surface area contributed by atoms with Gasteiger partial charge in [-0.3, -0.25) is 0 Å². The third-order valence-corrected chi connectivity index (χ3v) is 3.52. The molecule has 0 aromatic rings. The normalized spacial score (nSPS) is 18.8. The van der Waals surface area contributed by atoms with Crippen molar-refractivity contribution in [3.05, 3.63) is 0 Å². The van der Waals surface area contributed by atoms with E-state index in [4.69, 9.17) is 4.74 Å². The Bertz CT molecular complexity index is 145. The van der Waals surface area contributed by atoms with Crippen LogP contribution in [-0.2, 0) is 4.74 Å². The van der Waals surface area contributed by atoms with Crippen LogP contribution in [0.2, 0.25) is 0 Å². The average Bonchev–Trinajstić information content (AvgIpc) is 2.18. The molecule has 0 saturated heterocycles. The summed E-state index contributed by atoms with van der Waals surface area (Å²) in [6.07, 6.45) is 8.18. The smallest absolute Gasteiger partial charge is 0.0465 e. The number of hydrogen-bond donors (Lipinski definition) is 1. The van der Waals surface area contributed by atoms with Crippen LogP contribution in [0.4, 0.5) is 0 Å². The van der Waals surface area contributed by atoms with Crippen LogP contribution in [0.3, 0.4) is 0 Å². The van der Waals surface area contributed by atoms with E-state index in [1.165, 1.54) is 51.6 Å². The summed E-state index contributed by atoms with van der Waals surface area (Å²) in [6, 6.07) is 0. The van der Waals surface area contributed by atoms with E-state index >= 15 is 0 Å². The number of nitrogens with one attached hydrogen (secondary N) is 1. The Kier molecular flexibility index (Phi) is 7.03. The first-order chi connectivity index (χ1) is 7.36. The van der Waals surface area contributed by atoms with E-state index < -0.39 is 0 Å². The molecule has 0 aromatic carbocycles. The van der Waals surface area contributed by atoms with Gasteiger partial charge in [0.05, 0.1) is 0 Å². The molecule has 15 heavy (non-hydrogen) atoms. The highest BCUT2D eigenvalue weighted by Crippen LogP contribution is 2.25. The molecule has 1 aliphatic carbocycles. The number of rotatable bonds is 9. The zero-order valence-electron chi connectivity index (χ0n) is 10.4. The van der Waals surface area contributed by atoms with Gasteiger partial charge in [0.15, 0.2) is 0 Å². The van der Waals surface area contributed by atoms with Gasteiger partial charge in [-0.25, -0.2) is 0 Å². The second kappa shape index (κ2) is 8.12. The zero-order valence-corrected chi connectivity index (χ0v) is 10.4. The highest BCUT2D eigenvalue weighted by atomic mass is 16.5. The Morgan fingerprint density at radius 3 is 2.67 bits per heavy atom. The molecule has 0 heterocycles. The average molecular weight is 213 g/mol. The van der Waals surface area contributed by atoms with Crippen LogP contribution in [0.5, 0.6) is 0 Å². The van der Waals surface area contributed by atoms with Gasteiger partial charge in [-0.2, -0.15) is 0 Å². The molecule has 2 nitrogen and oxygen atoms in total. The molecule has 2 heteroatoms. The minimum atomic E-state index is 0.815. The van der Waals surface area contributed by atoms with Gasteiger partial charge in [-0.1, -0.05) is 19.8 Å². The number of ether oxygens (including phenoxy) is 1. The van der Waals surface area contributed by atoms with Crippen molar-refractivity contribution in [2.24, 2.45) is 11.8 Å². The van der Waals surface area contributed by atoms with Crippen molar-refractivity contribution in [1.29, 1.82) is 0 Å². The first-order valence-corrected chi connectivity index (χ1v) is 6.56. The summed E-state index contributed by atoms with van der Waals surface area (Å²) < 4.78 is 5.15. The Labute approximate surface area is 94.8 Å². The van der Waals surface area contributed by atoms with Crippen molar-refractivity contribution >= 4 is 0 Å². The van der Waals surface area contributed by atoms with Crippen molar-refractivity contribution in [3.63, 3.8) is 0 Å². The third kappa shape index (κ3) is 5.53. The molecule has 1 aliphatic rings. The van der Waals surface area contributed by atoms with Crippen LogP contribution >= 0.6 is 0 Å². The molecule has 90 valence electrons. The zero-order chi connectivity index (χ0) is 10.9. The van der Waals surface area contributed by atoms with Crippen molar-refractivity contribution in [1.82, 2.24) is 5.32 Å². The van der Waals surface area contributed by atoms with E-state index in [0.29, 0.717) is 0 Å². The fourth-order valence-corrected chi connectivity index (χ4v) is 2.23. The molecule has 1 atom stereocenters. The topological polar surface area (TPSA) is 21.3 Å². The van der Waals surface area contributed by atoms with Crippen LogP contribution in [-0.4, -0.2) is 26.8 Å². The summed E-state index contributed by atoms with van der Waals surface area (Å²) >= 11 is 0. The summed E-state index contributed by atoms with van der Waals surface area (Å²) in [7, 11) is 1.80. The predicted molar refractivity (Wildman–Crippen MR) is 65.1 cm³/mol. The van der Waals surface area contributed by atoms with Crippen molar-refractivity contribution < 1.29 is 4.74 Å². The van der Waals surface area contributed by atoms with Crippen LogP contribution in [0.15, 0.2) is 0 Å². The molecule has 0 spiro atoms. The molecular formula is C13H27NO. The lowest BCUT2D eigenvalue weighted by atomic mass is 9.85. The first kappa shape index (κ1) is 13.0. The largest absolute Gasteiger partial charge is 0.385 e. The van der Waals surface area contributed by atoms with Gasteiger partial charge in [0.1, 0.15) is 0 Å². The maximum absolute atomic E-state index is 5.15. The van der Waals surface area contributed by atoms with Gasteiger partial charge >= 0.3 is 0 Å². The highest BCUT2D eigenvalue weighted by molar-refractivity contribution is 4.72. The van der Waals surface area contributed by atoms with Gasteiger partial charge < -0.3 is 10.1 Å². The second-order valence-corrected chi connectivity index (χ2v) is 4.89. The molecule has 0 aromatic heterocycles. The molecule has 0 bridgehead atoms. The second-order valence-electron chi connectivity index (χ2n) is 4.89. The molecule has 0 radical (unpaired) electrons. The fraction of sp³-hybridized carbons (Fsp3) is 1.00. The highest BCUT2D eigenvalue weighted by Gasteiger charge is 2.17. The molecule has 1 rings (SSSR count). The SMILES string of the molecule is CCC[C@@H](CCOC)CNCC1CCC1. The quantitative estimate of drug-likeness (QED) is 0.636. The van der Waals surface area contributed by atoms with E-state index in [0.717, 1.165) is 18.4 Å². The summed E-state index contributed by atoms with van der Waals surface area (Å²) in [5, 5.41) is 3.63. The van der Waals surface area contributed by atoms with Crippen molar-refractivity contribution in [2.45, 2.75) is 45.4 Å². The Morgan fingerprint density at radius 2 is 2.13 bits per heavy atom. The Balaban J connectivity index is 2.01. The number of hydrogen-bond acceptors (Lipinski definition) is 2. The van der Waals surface area contributed by atoms with Crippen LogP contribution in [0.1, 0.15) is 45.4 Å². The Morgan fingerprint density at radius 1 is 1.33 bits per heavy atom. The van der Waals surface area contributed by atoms with E-state index in [9.17, 15) is 0 Å². The van der Waals surface area contributed by atoms with Gasteiger partial charge in [-0.15, -0.1) is 0 Å². The van der Waals surface area contributed by atoms with E-state index in [1.807, 2.05) is 0 Å². The van der Waals surface area contributed by atoms with Crippen molar-refractivity contribution in [3.8, 4) is 0 Å². The minimum absolute atomic E-state index is 0.815. The van der Waals surface area contributed by atoms with E-state index in [-0.39, 0.29) is 0 Å². The van der Waals surface area contributed by atoms with E-state index in [1.54, 1.807) is 7.11 Å². The summed E-state index contributed by atoms with van der Waals surface area (Å²) in [5.74, 6) is 1.80. The Hall–Kier alpha value is -0.0800. The minimum Gasteiger partial charge on any atom is -0.385 e. The molecule has 0 unspecified atom stereocenters. The fourth-order valence-electron chi connectivity index (χ4n) is 2.23. The van der Waals surface area contributed by atoms with Gasteiger partial charge in [0.2, 0.25) is 0 Å². The lowest BCUT2D eigenvalue weighted by Gasteiger charge is -2.26. The van der Waals surface area contributed by atoms with Crippen LogP contribution in [0, 0.1) is 11.8 Å². The maximum Gasteiger partial charge on any atom is 0.0465 e. The van der Waals surface area contributed by atoms with Gasteiger partial charge in [0.25, 0.3) is 0 Å². The third-order valence-electron chi connectivity index (χ3n) is 3.52. The summed E-state index contributed by atoms with van der Waals surface area (Å²) in [5.41, 5.74) is 0. The maximum atomic E-state index is 5.15. The molecule has 0 aliphatic heterocycles. The first-order valence-electron chi connectivity index (χ1n) is 6.56. The van der Waals surface area contributed by atoms with E-state index in [2.05, 4.69) is 12.2 Å². The number of methoxy groups -OCH3 is 1. The van der Waals surface area contributed by atoms with Gasteiger partial charge in [-0.05, 0) is 50.6 Å². The molecule has 1 N–H and O–H groups in total. The molecular weight excluding hydrogens is 186 g/mol. The summed E-state index contributed by atoms with van der Waals surface area (Å²) in [4.78, 5) is 0. The monoisotopic (exact) mass is 213 g/mol. The van der Waals surface area contributed by atoms with Gasteiger partial charge in [0, 0.05) is 13.7 Å². The van der Waals surface area contributed by atoms with Crippen molar-refractivity contribution in [2.75, 3.05) is 26.8 Å². The molecule has 0 amide bonds. The summed E-state index contributed by atoms with van der Waals surface area (Å²) in [6.45, 7) is 5.61. The molecule has 1 saturated carbocycles. The van der Waals surface area contributed by atoms with Crippen LogP contribution < -0.4 is 5.32 Å². The standard InChI is InChI=1S/C13H27NO/c1-3-5-12(8-9-15-2)10-14-11-13-6-4-7-13/h12-14H,3-11H2,1-2H3/t12-/m0/s1. The predicted octanol–water partition coefficient (Wildman–Crippen LogP) is 2.83. The lowest BCUT2D eigenvalue weighted by molar-refractivity contribution is 0.172. The van der Waals surface area contributed by atoms with Crippen LogP contribution in [0.25, 0.3) is 0 Å².